The number of nitrogens with zero attached hydrogens (tertiary/aromatic N) is 2. The zero-order chi connectivity index (χ0) is 19.6. The number of ether oxygens (including phenoxy) is 1. The fourth-order valence-electron chi connectivity index (χ4n) is 2.97. The maximum absolute atomic E-state index is 12.9. The number of aromatic nitrogens is 1. The summed E-state index contributed by atoms with van der Waals surface area (Å²) in [6.45, 7) is 6.52. The first kappa shape index (κ1) is 19.3. The third kappa shape index (κ3) is 4.44. The summed E-state index contributed by atoms with van der Waals surface area (Å²) in [5.41, 5.74) is 0.598. The fraction of sp³-hybridized carbons (Fsp3) is 0.421. The van der Waals surface area contributed by atoms with Gasteiger partial charge in [-0.1, -0.05) is 0 Å². The highest BCUT2D eigenvalue weighted by Crippen LogP contribution is 2.22. The highest BCUT2D eigenvalue weighted by Gasteiger charge is 2.34. The van der Waals surface area contributed by atoms with Gasteiger partial charge in [-0.3, -0.25) is 9.59 Å². The molecule has 1 aliphatic rings. The van der Waals surface area contributed by atoms with Gasteiger partial charge >= 0.3 is 0 Å². The molecule has 1 aromatic heterocycles. The van der Waals surface area contributed by atoms with Crippen LogP contribution in [0.1, 0.15) is 40.6 Å². The molecule has 1 saturated heterocycles. The number of carbonyl (C=O) groups is 2. The Morgan fingerprint density at radius 2 is 2.11 bits per heavy atom. The molecule has 144 valence electrons. The number of benzene rings is 1. The second-order valence-electron chi connectivity index (χ2n) is 6.70. The van der Waals surface area contributed by atoms with Crippen LogP contribution in [0.2, 0.25) is 0 Å². The Kier molecular flexibility index (Phi) is 5.74. The summed E-state index contributed by atoms with van der Waals surface area (Å²) >= 11 is 1.23. The molecule has 1 N–H and O–H groups in total. The van der Waals surface area contributed by atoms with Gasteiger partial charge in [-0.15, -0.1) is 11.3 Å². The maximum atomic E-state index is 12.9. The van der Waals surface area contributed by atoms with Crippen molar-refractivity contribution in [1.82, 2.24) is 15.2 Å². The summed E-state index contributed by atoms with van der Waals surface area (Å²) in [5, 5.41) is 3.46. The van der Waals surface area contributed by atoms with Crippen molar-refractivity contribution in [2.45, 2.75) is 45.9 Å². The fourth-order valence-corrected chi connectivity index (χ4v) is 3.85. The number of carbonyl (C=O) groups excluding carboxylic acids is 2. The van der Waals surface area contributed by atoms with Crippen LogP contribution in [0.3, 0.4) is 0 Å². The number of thiazole rings is 1. The third-order valence-corrected chi connectivity index (χ3v) is 5.52. The molecule has 8 heteroatoms. The number of hydrogen-bond acceptors (Lipinski definition) is 5. The van der Waals surface area contributed by atoms with Gasteiger partial charge in [0.15, 0.2) is 0 Å². The highest BCUT2D eigenvalue weighted by molar-refractivity contribution is 7.13. The van der Waals surface area contributed by atoms with E-state index in [1.54, 1.807) is 11.8 Å². The molecule has 2 heterocycles. The van der Waals surface area contributed by atoms with Crippen LogP contribution < -0.4 is 10.1 Å². The van der Waals surface area contributed by atoms with E-state index in [4.69, 9.17) is 4.74 Å². The molecule has 1 atom stereocenters. The van der Waals surface area contributed by atoms with Gasteiger partial charge in [0.05, 0.1) is 5.69 Å². The van der Waals surface area contributed by atoms with Crippen molar-refractivity contribution in [2.24, 2.45) is 0 Å². The van der Waals surface area contributed by atoms with E-state index in [1.807, 2.05) is 13.8 Å². The summed E-state index contributed by atoms with van der Waals surface area (Å²) in [5.74, 6) is -0.133. The predicted octanol–water partition coefficient (Wildman–Crippen LogP) is 2.91. The average molecular weight is 391 g/mol. The Hall–Kier alpha value is -2.48. The normalized spacial score (nSPS) is 16.9. The summed E-state index contributed by atoms with van der Waals surface area (Å²) in [6, 6.07) is 5.35. The molecule has 3 rings (SSSR count). The van der Waals surface area contributed by atoms with Gasteiger partial charge in [-0.25, -0.2) is 9.37 Å². The summed E-state index contributed by atoms with van der Waals surface area (Å²) in [4.78, 5) is 31.5. The molecule has 2 amide bonds. The molecule has 1 aromatic carbocycles. The number of aryl methyl sites for hydroxylation is 1. The molecule has 0 spiro atoms. The highest BCUT2D eigenvalue weighted by atomic mass is 32.1. The number of rotatable bonds is 6. The second-order valence-corrected chi connectivity index (χ2v) is 7.79. The third-order valence-electron chi connectivity index (χ3n) is 4.39. The molecule has 0 radical (unpaired) electrons. The predicted molar refractivity (Wildman–Crippen MR) is 100 cm³/mol. The summed E-state index contributed by atoms with van der Waals surface area (Å²) < 4.78 is 18.5. The average Bonchev–Trinajstić information content (AvgIpc) is 3.17. The maximum Gasteiger partial charge on any atom is 0.263 e. The Balaban J connectivity index is 1.61. The van der Waals surface area contributed by atoms with Crippen molar-refractivity contribution >= 4 is 23.2 Å². The van der Waals surface area contributed by atoms with E-state index in [2.05, 4.69) is 10.3 Å². The van der Waals surface area contributed by atoms with Crippen molar-refractivity contribution < 1.29 is 18.7 Å². The van der Waals surface area contributed by atoms with Gasteiger partial charge in [0, 0.05) is 12.6 Å². The first-order valence-electron chi connectivity index (χ1n) is 8.81. The number of likely N-dealkylation sites (tertiary alicyclic amines) is 1. The zero-order valence-electron chi connectivity index (χ0n) is 15.5. The van der Waals surface area contributed by atoms with Gasteiger partial charge in [0.1, 0.15) is 34.1 Å². The van der Waals surface area contributed by atoms with Crippen LogP contribution in [-0.4, -0.2) is 40.3 Å². The molecule has 27 heavy (non-hydrogen) atoms. The topological polar surface area (TPSA) is 71.5 Å². The number of hydrogen-bond donors (Lipinski definition) is 1. The lowest BCUT2D eigenvalue weighted by atomic mass is 10.2. The molecule has 6 nitrogen and oxygen atoms in total. The van der Waals surface area contributed by atoms with Crippen LogP contribution in [0.4, 0.5) is 4.39 Å². The lowest BCUT2D eigenvalue weighted by Crippen LogP contribution is -2.43. The molecule has 0 aliphatic carbocycles. The Labute approximate surface area is 161 Å². The van der Waals surface area contributed by atoms with E-state index < -0.39 is 6.04 Å². The molecule has 0 saturated carbocycles. The summed E-state index contributed by atoms with van der Waals surface area (Å²) in [6.07, 6.45) is 0.612. The quantitative estimate of drug-likeness (QED) is 0.822. The van der Waals surface area contributed by atoms with Gasteiger partial charge in [-0.2, -0.15) is 0 Å². The molecular weight excluding hydrogens is 369 g/mol. The number of halogens is 1. The minimum absolute atomic E-state index is 0.0413. The van der Waals surface area contributed by atoms with Crippen LogP contribution in [0.25, 0.3) is 0 Å². The van der Waals surface area contributed by atoms with Crippen LogP contribution >= 0.6 is 11.3 Å². The van der Waals surface area contributed by atoms with E-state index in [9.17, 15) is 14.0 Å². The lowest BCUT2D eigenvalue weighted by molar-refractivity contribution is -0.130. The van der Waals surface area contributed by atoms with Gasteiger partial charge in [0.2, 0.25) is 5.91 Å². The van der Waals surface area contributed by atoms with E-state index in [0.29, 0.717) is 34.3 Å². The van der Waals surface area contributed by atoms with Gasteiger partial charge < -0.3 is 15.0 Å². The molecule has 1 unspecified atom stereocenters. The van der Waals surface area contributed by atoms with Crippen LogP contribution in [0, 0.1) is 12.7 Å². The minimum Gasteiger partial charge on any atom is -0.486 e. The van der Waals surface area contributed by atoms with E-state index in [1.165, 1.54) is 35.6 Å². The van der Waals surface area contributed by atoms with Crippen molar-refractivity contribution in [3.8, 4) is 5.75 Å². The van der Waals surface area contributed by atoms with Crippen LogP contribution in [0.15, 0.2) is 24.3 Å². The van der Waals surface area contributed by atoms with Gasteiger partial charge in [0.25, 0.3) is 5.91 Å². The standard InChI is InChI=1S/C19H22FN3O3S/c1-11(2)23-9-8-15(19(23)25)22-18(24)17-12(3)21-16(27-17)10-26-14-6-4-13(20)5-7-14/h4-7,11,15H,8-10H2,1-3H3,(H,22,24). The SMILES string of the molecule is Cc1nc(COc2ccc(F)cc2)sc1C(=O)NC1CCN(C(C)C)C1=O. The van der Waals surface area contributed by atoms with Crippen molar-refractivity contribution in [2.75, 3.05) is 6.54 Å². The molecule has 1 aliphatic heterocycles. The van der Waals surface area contributed by atoms with Crippen molar-refractivity contribution in [1.29, 1.82) is 0 Å². The van der Waals surface area contributed by atoms with Crippen molar-refractivity contribution in [3.63, 3.8) is 0 Å². The minimum atomic E-state index is -0.486. The smallest absolute Gasteiger partial charge is 0.263 e. The van der Waals surface area contributed by atoms with E-state index in [-0.39, 0.29) is 30.3 Å². The van der Waals surface area contributed by atoms with Crippen LogP contribution in [0.5, 0.6) is 5.75 Å². The first-order valence-corrected chi connectivity index (χ1v) is 9.63. The Morgan fingerprint density at radius 1 is 1.41 bits per heavy atom. The van der Waals surface area contributed by atoms with Crippen LogP contribution in [-0.2, 0) is 11.4 Å². The lowest BCUT2D eigenvalue weighted by Gasteiger charge is -2.21. The monoisotopic (exact) mass is 391 g/mol. The zero-order valence-corrected chi connectivity index (χ0v) is 16.3. The summed E-state index contributed by atoms with van der Waals surface area (Å²) in [7, 11) is 0. The molecule has 0 bridgehead atoms. The van der Waals surface area contributed by atoms with E-state index >= 15 is 0 Å². The molecular formula is C19H22FN3O3S. The largest absolute Gasteiger partial charge is 0.486 e. The Bertz CT molecular complexity index is 835. The van der Waals surface area contributed by atoms with Crippen molar-refractivity contribution in [3.05, 3.63) is 45.7 Å². The number of nitrogens with one attached hydrogen (secondary N) is 1. The first-order chi connectivity index (χ1) is 12.8. The molecule has 1 fully saturated rings. The second kappa shape index (κ2) is 8.04. The number of amides is 2. The van der Waals surface area contributed by atoms with Gasteiger partial charge in [-0.05, 0) is 51.5 Å². The Morgan fingerprint density at radius 3 is 2.74 bits per heavy atom. The molecule has 2 aromatic rings. The van der Waals surface area contributed by atoms with E-state index in [0.717, 1.165) is 0 Å².